The number of oxime groups is 1. The minimum absolute atomic E-state index is 0.129. The van der Waals surface area contributed by atoms with Gasteiger partial charge in [0.1, 0.15) is 5.82 Å². The average molecular weight is 262 g/mol. The molecule has 5 heteroatoms. The fourth-order valence-corrected chi connectivity index (χ4v) is 2.50. The molecule has 0 aromatic carbocycles. The van der Waals surface area contributed by atoms with E-state index >= 15 is 0 Å². The van der Waals surface area contributed by atoms with E-state index in [0.29, 0.717) is 5.56 Å². The van der Waals surface area contributed by atoms with E-state index in [2.05, 4.69) is 15.0 Å². The predicted octanol–water partition coefficient (Wildman–Crippen LogP) is 2.26. The lowest BCUT2D eigenvalue weighted by Crippen LogP contribution is -2.31. The van der Waals surface area contributed by atoms with Gasteiger partial charge in [0, 0.05) is 18.8 Å². The van der Waals surface area contributed by atoms with Crippen molar-refractivity contribution in [3.05, 3.63) is 23.4 Å². The van der Waals surface area contributed by atoms with Crippen LogP contribution >= 0.6 is 0 Å². The Balaban J connectivity index is 2.32. The number of amidine groups is 1. The molecule has 0 aliphatic carbocycles. The van der Waals surface area contributed by atoms with Gasteiger partial charge in [0.2, 0.25) is 0 Å². The second kappa shape index (κ2) is 6.41. The number of hydrogen-bond acceptors (Lipinski definition) is 4. The third-order valence-electron chi connectivity index (χ3n) is 3.55. The van der Waals surface area contributed by atoms with E-state index in [4.69, 9.17) is 10.9 Å². The molecule has 0 atom stereocenters. The SMILES string of the molecule is Cc1ccc(C(N)=NO)c(N2CCCCCCC2)n1. The monoisotopic (exact) mass is 262 g/mol. The van der Waals surface area contributed by atoms with Gasteiger partial charge in [0.15, 0.2) is 5.84 Å². The molecule has 1 aliphatic heterocycles. The van der Waals surface area contributed by atoms with Crippen LogP contribution in [0, 0.1) is 6.92 Å². The van der Waals surface area contributed by atoms with Gasteiger partial charge in [-0.1, -0.05) is 24.4 Å². The van der Waals surface area contributed by atoms with E-state index in [9.17, 15) is 0 Å². The van der Waals surface area contributed by atoms with Crippen LogP contribution in [-0.4, -0.2) is 29.1 Å². The zero-order valence-electron chi connectivity index (χ0n) is 11.5. The smallest absolute Gasteiger partial charge is 0.173 e. The molecule has 0 unspecified atom stereocenters. The van der Waals surface area contributed by atoms with Crippen LogP contribution in [0.4, 0.5) is 5.82 Å². The third kappa shape index (κ3) is 3.36. The van der Waals surface area contributed by atoms with Crippen LogP contribution in [0.5, 0.6) is 0 Å². The van der Waals surface area contributed by atoms with Crippen LogP contribution < -0.4 is 10.6 Å². The molecule has 1 saturated heterocycles. The standard InChI is InChI=1S/C14H22N4O/c1-11-7-8-12(13(15)17-19)14(16-11)18-9-5-3-2-4-6-10-18/h7-8,19H,2-6,9-10H2,1H3,(H2,15,17). The van der Waals surface area contributed by atoms with Gasteiger partial charge in [-0.05, 0) is 31.9 Å². The summed E-state index contributed by atoms with van der Waals surface area (Å²) in [6.07, 6.45) is 6.20. The number of rotatable bonds is 2. The first kappa shape index (κ1) is 13.6. The van der Waals surface area contributed by atoms with E-state index in [-0.39, 0.29) is 5.84 Å². The maximum atomic E-state index is 8.90. The summed E-state index contributed by atoms with van der Waals surface area (Å²) in [5, 5.41) is 12.0. The summed E-state index contributed by atoms with van der Waals surface area (Å²) in [4.78, 5) is 6.86. The number of aryl methyl sites for hydroxylation is 1. The molecule has 1 fully saturated rings. The van der Waals surface area contributed by atoms with Crippen molar-refractivity contribution in [2.75, 3.05) is 18.0 Å². The minimum Gasteiger partial charge on any atom is -0.409 e. The highest BCUT2D eigenvalue weighted by Gasteiger charge is 2.16. The van der Waals surface area contributed by atoms with Crippen molar-refractivity contribution in [3.8, 4) is 0 Å². The Labute approximate surface area is 114 Å². The van der Waals surface area contributed by atoms with Crippen LogP contribution in [0.3, 0.4) is 0 Å². The molecule has 0 amide bonds. The number of aromatic nitrogens is 1. The first-order chi connectivity index (χ1) is 9.22. The second-order valence-electron chi connectivity index (χ2n) is 5.06. The molecular formula is C14H22N4O. The molecule has 0 bridgehead atoms. The Bertz CT molecular complexity index is 451. The van der Waals surface area contributed by atoms with Gasteiger partial charge in [0.05, 0.1) is 5.56 Å². The van der Waals surface area contributed by atoms with Crippen molar-refractivity contribution < 1.29 is 5.21 Å². The van der Waals surface area contributed by atoms with E-state index in [1.165, 1.54) is 32.1 Å². The van der Waals surface area contributed by atoms with Crippen LogP contribution in [0.25, 0.3) is 0 Å². The van der Waals surface area contributed by atoms with E-state index in [1.807, 2.05) is 19.1 Å². The summed E-state index contributed by atoms with van der Waals surface area (Å²) in [5.74, 6) is 0.974. The fourth-order valence-electron chi connectivity index (χ4n) is 2.50. The Kier molecular flexibility index (Phi) is 4.60. The van der Waals surface area contributed by atoms with Gasteiger partial charge < -0.3 is 15.8 Å². The Morgan fingerprint density at radius 3 is 2.47 bits per heavy atom. The fraction of sp³-hybridized carbons (Fsp3) is 0.571. The molecule has 0 spiro atoms. The van der Waals surface area contributed by atoms with Crippen molar-refractivity contribution in [2.24, 2.45) is 10.9 Å². The Morgan fingerprint density at radius 1 is 1.21 bits per heavy atom. The predicted molar refractivity (Wildman–Crippen MR) is 76.8 cm³/mol. The summed E-state index contributed by atoms with van der Waals surface area (Å²) in [6.45, 7) is 3.94. The van der Waals surface area contributed by atoms with E-state index in [0.717, 1.165) is 24.6 Å². The van der Waals surface area contributed by atoms with Crippen molar-refractivity contribution in [1.82, 2.24) is 4.98 Å². The lowest BCUT2D eigenvalue weighted by Gasteiger charge is -2.27. The number of nitrogens with two attached hydrogens (primary N) is 1. The number of pyridine rings is 1. The molecule has 0 saturated carbocycles. The first-order valence-electron chi connectivity index (χ1n) is 6.93. The summed E-state index contributed by atoms with van der Waals surface area (Å²) in [7, 11) is 0. The molecule has 0 radical (unpaired) electrons. The zero-order chi connectivity index (χ0) is 13.7. The van der Waals surface area contributed by atoms with Gasteiger partial charge >= 0.3 is 0 Å². The highest BCUT2D eigenvalue weighted by atomic mass is 16.4. The highest BCUT2D eigenvalue weighted by molar-refractivity contribution is 6.01. The van der Waals surface area contributed by atoms with Gasteiger partial charge in [-0.2, -0.15) is 0 Å². The molecule has 1 aromatic heterocycles. The van der Waals surface area contributed by atoms with Crippen molar-refractivity contribution in [3.63, 3.8) is 0 Å². The van der Waals surface area contributed by atoms with Crippen LogP contribution in [-0.2, 0) is 0 Å². The largest absolute Gasteiger partial charge is 0.409 e. The third-order valence-corrected chi connectivity index (χ3v) is 3.55. The van der Waals surface area contributed by atoms with Crippen LogP contribution in [0.2, 0.25) is 0 Å². The maximum absolute atomic E-state index is 8.90. The topological polar surface area (TPSA) is 74.7 Å². The van der Waals surface area contributed by atoms with E-state index in [1.54, 1.807) is 0 Å². The summed E-state index contributed by atoms with van der Waals surface area (Å²) in [6, 6.07) is 3.77. The molecule has 2 rings (SSSR count). The van der Waals surface area contributed by atoms with Crippen molar-refractivity contribution >= 4 is 11.7 Å². The molecule has 2 heterocycles. The first-order valence-corrected chi connectivity index (χ1v) is 6.93. The molecule has 104 valence electrons. The van der Waals surface area contributed by atoms with Crippen LogP contribution in [0.1, 0.15) is 43.4 Å². The Morgan fingerprint density at radius 2 is 1.84 bits per heavy atom. The Hall–Kier alpha value is -1.78. The summed E-state index contributed by atoms with van der Waals surface area (Å²) in [5.41, 5.74) is 7.42. The van der Waals surface area contributed by atoms with Gasteiger partial charge in [-0.3, -0.25) is 0 Å². The molecule has 3 N–H and O–H groups in total. The van der Waals surface area contributed by atoms with Crippen LogP contribution in [0.15, 0.2) is 17.3 Å². The molecule has 5 nitrogen and oxygen atoms in total. The molecule has 1 aromatic rings. The highest BCUT2D eigenvalue weighted by Crippen LogP contribution is 2.22. The quantitative estimate of drug-likeness (QED) is 0.371. The maximum Gasteiger partial charge on any atom is 0.173 e. The number of hydrogen-bond donors (Lipinski definition) is 2. The van der Waals surface area contributed by atoms with Gasteiger partial charge in [-0.15, -0.1) is 0 Å². The molecule has 19 heavy (non-hydrogen) atoms. The van der Waals surface area contributed by atoms with Gasteiger partial charge in [-0.25, -0.2) is 4.98 Å². The lowest BCUT2D eigenvalue weighted by molar-refractivity contribution is 0.318. The van der Waals surface area contributed by atoms with E-state index < -0.39 is 0 Å². The zero-order valence-corrected chi connectivity index (χ0v) is 11.5. The summed E-state index contributed by atoms with van der Waals surface area (Å²) >= 11 is 0. The number of nitrogens with zero attached hydrogens (tertiary/aromatic N) is 3. The van der Waals surface area contributed by atoms with Gasteiger partial charge in [0.25, 0.3) is 0 Å². The average Bonchev–Trinajstić information content (AvgIpc) is 2.37. The normalized spacial score (nSPS) is 17.9. The minimum atomic E-state index is 0.129. The number of anilines is 1. The molecular weight excluding hydrogens is 240 g/mol. The van der Waals surface area contributed by atoms with Crippen molar-refractivity contribution in [2.45, 2.75) is 39.0 Å². The lowest BCUT2D eigenvalue weighted by atomic mass is 10.1. The van der Waals surface area contributed by atoms with Crippen molar-refractivity contribution in [1.29, 1.82) is 0 Å². The molecule has 1 aliphatic rings. The second-order valence-corrected chi connectivity index (χ2v) is 5.06. The summed E-state index contributed by atoms with van der Waals surface area (Å²) < 4.78 is 0.